The average Bonchev–Trinajstić information content (AvgIpc) is 2.77. The van der Waals surface area contributed by atoms with Crippen LogP contribution in [0.1, 0.15) is 11.3 Å². The Morgan fingerprint density at radius 2 is 2.40 bits per heavy atom. The lowest BCUT2D eigenvalue weighted by molar-refractivity contribution is 0.0510. The fourth-order valence-corrected chi connectivity index (χ4v) is 3.42. The Hall–Kier alpha value is -0.640. The summed E-state index contributed by atoms with van der Waals surface area (Å²) in [7, 11) is 0. The second kappa shape index (κ2) is 3.74. The van der Waals surface area contributed by atoms with E-state index in [1.54, 1.807) is 11.3 Å². The molecule has 80 valence electrons. The third-order valence-electron chi connectivity index (χ3n) is 3.44. The van der Waals surface area contributed by atoms with Gasteiger partial charge in [0, 0.05) is 30.4 Å². The van der Waals surface area contributed by atoms with E-state index in [1.807, 2.05) is 0 Å². The molecule has 15 heavy (non-hydrogen) atoms. The van der Waals surface area contributed by atoms with Crippen molar-refractivity contribution in [3.63, 3.8) is 0 Å². The van der Waals surface area contributed by atoms with Crippen molar-refractivity contribution in [2.75, 3.05) is 19.6 Å². The minimum atomic E-state index is -0.144. The van der Waals surface area contributed by atoms with Gasteiger partial charge in [-0.15, -0.1) is 11.3 Å². The smallest absolute Gasteiger partial charge is 0.0633 e. The first-order chi connectivity index (χ1) is 7.34. The van der Waals surface area contributed by atoms with Crippen LogP contribution in [0.2, 0.25) is 0 Å². The summed E-state index contributed by atoms with van der Waals surface area (Å²) in [4.78, 5) is 3.76. The predicted octanol–water partition coefficient (Wildman–Crippen LogP) is 1.83. The molecule has 2 aliphatic heterocycles. The van der Waals surface area contributed by atoms with Gasteiger partial charge in [-0.2, -0.15) is 0 Å². The monoisotopic (exact) mass is 221 g/mol. The molecule has 0 spiro atoms. The highest BCUT2D eigenvalue weighted by Crippen LogP contribution is 2.36. The van der Waals surface area contributed by atoms with Crippen LogP contribution in [0.3, 0.4) is 0 Å². The Bertz CT molecular complexity index is 371. The van der Waals surface area contributed by atoms with Gasteiger partial charge in [0.15, 0.2) is 0 Å². The summed E-state index contributed by atoms with van der Waals surface area (Å²) in [6.07, 6.45) is 3.07. The maximum Gasteiger partial charge on any atom is 0.0633 e. The Labute approximate surface area is 93.8 Å². The van der Waals surface area contributed by atoms with Crippen LogP contribution >= 0.6 is 11.3 Å². The van der Waals surface area contributed by atoms with Gasteiger partial charge in [0.1, 0.15) is 0 Å². The Morgan fingerprint density at radius 3 is 3.20 bits per heavy atom. The molecule has 0 radical (unpaired) electrons. The van der Waals surface area contributed by atoms with Gasteiger partial charge in [-0.25, -0.2) is 0 Å². The zero-order chi connectivity index (χ0) is 10.3. The minimum absolute atomic E-state index is 0.144. The molecule has 3 atom stereocenters. The highest BCUT2D eigenvalue weighted by Gasteiger charge is 2.33. The van der Waals surface area contributed by atoms with Crippen LogP contribution in [-0.4, -0.2) is 35.7 Å². The molecule has 1 N–H and O–H groups in total. The summed E-state index contributed by atoms with van der Waals surface area (Å²) < 4.78 is 0. The van der Waals surface area contributed by atoms with Crippen LogP contribution in [0.25, 0.3) is 5.57 Å². The van der Waals surface area contributed by atoms with Crippen molar-refractivity contribution in [2.24, 2.45) is 5.92 Å². The van der Waals surface area contributed by atoms with Crippen molar-refractivity contribution < 1.29 is 5.11 Å². The summed E-state index contributed by atoms with van der Waals surface area (Å²) in [5.74, 6) is 0.339. The molecule has 3 unspecified atom stereocenters. The van der Waals surface area contributed by atoms with Crippen molar-refractivity contribution in [1.29, 1.82) is 0 Å². The van der Waals surface area contributed by atoms with Crippen molar-refractivity contribution in [3.05, 3.63) is 28.5 Å². The number of piperidine rings is 1. The van der Waals surface area contributed by atoms with E-state index in [0.717, 1.165) is 26.1 Å². The second-order valence-corrected chi connectivity index (χ2v) is 5.31. The van der Waals surface area contributed by atoms with Crippen molar-refractivity contribution in [2.45, 2.75) is 12.5 Å². The highest BCUT2D eigenvalue weighted by atomic mass is 32.1. The van der Waals surface area contributed by atoms with Crippen LogP contribution in [0.5, 0.6) is 0 Å². The fraction of sp³-hybridized carbons (Fsp3) is 0.500. The van der Waals surface area contributed by atoms with E-state index < -0.39 is 0 Å². The van der Waals surface area contributed by atoms with Gasteiger partial charge < -0.3 is 5.11 Å². The Morgan fingerprint density at radius 1 is 1.47 bits per heavy atom. The Balaban J connectivity index is 1.95. The van der Waals surface area contributed by atoms with Gasteiger partial charge in [0.05, 0.1) is 6.10 Å². The minimum Gasteiger partial charge on any atom is -0.392 e. The van der Waals surface area contributed by atoms with Gasteiger partial charge in [-0.3, -0.25) is 4.90 Å². The van der Waals surface area contributed by atoms with E-state index >= 15 is 0 Å². The number of aliphatic hydroxyl groups is 1. The normalized spacial score (nSPS) is 35.0. The molecule has 2 nitrogen and oxygen atoms in total. The summed E-state index contributed by atoms with van der Waals surface area (Å²) in [5, 5.41) is 12.1. The maximum atomic E-state index is 10.0. The van der Waals surface area contributed by atoms with Crippen LogP contribution in [0.4, 0.5) is 0 Å². The van der Waals surface area contributed by atoms with Crippen LogP contribution < -0.4 is 0 Å². The molecular weight excluding hydrogens is 206 g/mol. The summed E-state index contributed by atoms with van der Waals surface area (Å²) in [6.45, 7) is 3.13. The molecule has 3 rings (SSSR count). The van der Waals surface area contributed by atoms with Crippen molar-refractivity contribution >= 4 is 16.9 Å². The zero-order valence-corrected chi connectivity index (χ0v) is 9.41. The van der Waals surface area contributed by atoms with Gasteiger partial charge in [0.25, 0.3) is 0 Å². The molecule has 3 heterocycles. The SMILES string of the molecule is OC1CCN2CC=C(c3cccs3)C1C2. The quantitative estimate of drug-likeness (QED) is 0.782. The topological polar surface area (TPSA) is 23.5 Å². The summed E-state index contributed by atoms with van der Waals surface area (Å²) >= 11 is 1.78. The lowest BCUT2D eigenvalue weighted by atomic mass is 9.84. The molecular formula is C12H15NOS. The predicted molar refractivity (Wildman–Crippen MR) is 62.8 cm³/mol. The van der Waals surface area contributed by atoms with Crippen molar-refractivity contribution in [1.82, 2.24) is 4.90 Å². The van der Waals surface area contributed by atoms with Gasteiger partial charge in [-0.1, -0.05) is 12.1 Å². The molecule has 2 bridgehead atoms. The first-order valence-electron chi connectivity index (χ1n) is 5.49. The number of fused-ring (bicyclic) bond motifs is 2. The molecule has 0 aromatic carbocycles. The van der Waals surface area contributed by atoms with E-state index in [1.165, 1.54) is 10.5 Å². The summed E-state index contributed by atoms with van der Waals surface area (Å²) in [6, 6.07) is 4.25. The average molecular weight is 221 g/mol. The Kier molecular flexibility index (Phi) is 2.39. The largest absolute Gasteiger partial charge is 0.392 e. The number of aliphatic hydroxyl groups excluding tert-OH is 1. The third-order valence-corrected chi connectivity index (χ3v) is 4.35. The molecule has 1 saturated heterocycles. The molecule has 2 aliphatic rings. The van der Waals surface area contributed by atoms with E-state index in [2.05, 4.69) is 28.5 Å². The molecule has 1 fully saturated rings. The number of hydrogen-bond acceptors (Lipinski definition) is 3. The number of nitrogens with zero attached hydrogens (tertiary/aromatic N) is 1. The second-order valence-electron chi connectivity index (χ2n) is 4.36. The van der Waals surface area contributed by atoms with E-state index in [-0.39, 0.29) is 6.10 Å². The highest BCUT2D eigenvalue weighted by molar-refractivity contribution is 7.11. The molecule has 3 heteroatoms. The molecule has 0 amide bonds. The van der Waals surface area contributed by atoms with Crippen molar-refractivity contribution in [3.8, 4) is 0 Å². The first kappa shape index (κ1) is 9.58. The molecule has 1 aromatic heterocycles. The van der Waals surface area contributed by atoms with E-state index in [0.29, 0.717) is 5.92 Å². The number of thiophene rings is 1. The molecule has 0 saturated carbocycles. The van der Waals surface area contributed by atoms with E-state index in [9.17, 15) is 5.11 Å². The molecule has 0 aliphatic carbocycles. The maximum absolute atomic E-state index is 10.0. The third kappa shape index (κ3) is 1.65. The lowest BCUT2D eigenvalue weighted by Gasteiger charge is -2.40. The summed E-state index contributed by atoms with van der Waals surface area (Å²) in [5.41, 5.74) is 1.37. The first-order valence-corrected chi connectivity index (χ1v) is 6.37. The molecule has 1 aromatic rings. The van der Waals surface area contributed by atoms with Gasteiger partial charge in [0.2, 0.25) is 0 Å². The van der Waals surface area contributed by atoms with Crippen LogP contribution in [0.15, 0.2) is 23.6 Å². The zero-order valence-electron chi connectivity index (χ0n) is 8.60. The van der Waals surface area contributed by atoms with Gasteiger partial charge in [-0.05, 0) is 23.4 Å². The number of rotatable bonds is 1. The van der Waals surface area contributed by atoms with Crippen LogP contribution in [-0.2, 0) is 0 Å². The number of hydrogen-bond donors (Lipinski definition) is 1. The van der Waals surface area contributed by atoms with Gasteiger partial charge >= 0.3 is 0 Å². The lowest BCUT2D eigenvalue weighted by Crippen LogP contribution is -2.46. The van der Waals surface area contributed by atoms with E-state index in [4.69, 9.17) is 0 Å². The van der Waals surface area contributed by atoms with Crippen LogP contribution in [0, 0.1) is 5.92 Å². The standard InChI is InChI=1S/C12H15NOS/c14-11-4-6-13-5-3-9(10(11)8-13)12-2-1-7-15-12/h1-3,7,10-11,14H,4-6,8H2. The fourth-order valence-electron chi connectivity index (χ4n) is 2.58.